The predicted octanol–water partition coefficient (Wildman–Crippen LogP) is 2.24. The lowest BCUT2D eigenvalue weighted by Crippen LogP contribution is -2.49. The maximum atomic E-state index is 12.2. The number of non-ortho nitro benzene ring substituents is 1. The quantitative estimate of drug-likeness (QED) is 0.486. The third-order valence-electron chi connectivity index (χ3n) is 3.39. The summed E-state index contributed by atoms with van der Waals surface area (Å²) in [5.74, 6) is -0.107. The largest absolute Gasteiger partial charge is 0.375 e. The summed E-state index contributed by atoms with van der Waals surface area (Å²) in [6.45, 7) is 4.94. The van der Waals surface area contributed by atoms with Crippen LogP contribution >= 0.6 is 0 Å². The Kier molecular flexibility index (Phi) is 4.70. The van der Waals surface area contributed by atoms with E-state index in [0.717, 1.165) is 0 Å². The summed E-state index contributed by atoms with van der Waals surface area (Å²) in [6.07, 6.45) is 3.08. The monoisotopic (exact) mass is 290 g/mol. The molecule has 2 atom stereocenters. The lowest BCUT2D eigenvalue weighted by atomic mass is 10.1. The minimum atomic E-state index is -0.453. The van der Waals surface area contributed by atoms with Gasteiger partial charge in [0.05, 0.1) is 23.7 Å². The van der Waals surface area contributed by atoms with Crippen LogP contribution in [0.15, 0.2) is 30.3 Å². The van der Waals surface area contributed by atoms with E-state index in [9.17, 15) is 14.9 Å². The zero-order valence-corrected chi connectivity index (χ0v) is 12.1. The van der Waals surface area contributed by atoms with Crippen molar-refractivity contribution in [2.45, 2.75) is 26.0 Å². The Morgan fingerprint density at radius 1 is 1.48 bits per heavy atom. The van der Waals surface area contributed by atoms with E-state index >= 15 is 0 Å². The number of morpholine rings is 1. The molecule has 1 aromatic carbocycles. The molecule has 6 nitrogen and oxygen atoms in total. The van der Waals surface area contributed by atoms with Crippen LogP contribution in [-0.4, -0.2) is 41.0 Å². The van der Waals surface area contributed by atoms with Crippen LogP contribution < -0.4 is 0 Å². The average molecular weight is 290 g/mol. The second-order valence-electron chi connectivity index (χ2n) is 5.17. The third kappa shape index (κ3) is 3.88. The molecular weight excluding hydrogens is 272 g/mol. The summed E-state index contributed by atoms with van der Waals surface area (Å²) in [5, 5.41) is 10.7. The molecule has 1 aliphatic rings. The van der Waals surface area contributed by atoms with Crippen molar-refractivity contribution in [3.63, 3.8) is 0 Å². The van der Waals surface area contributed by atoms with E-state index in [1.54, 1.807) is 23.1 Å². The maximum Gasteiger partial charge on any atom is 0.270 e. The van der Waals surface area contributed by atoms with Crippen LogP contribution in [0.3, 0.4) is 0 Å². The molecule has 1 heterocycles. The number of ether oxygens (including phenoxy) is 1. The smallest absolute Gasteiger partial charge is 0.270 e. The van der Waals surface area contributed by atoms with Gasteiger partial charge in [0.1, 0.15) is 0 Å². The molecule has 0 saturated carbocycles. The van der Waals surface area contributed by atoms with Crippen molar-refractivity contribution in [1.29, 1.82) is 0 Å². The fraction of sp³-hybridized carbons (Fsp3) is 0.400. The molecule has 1 fully saturated rings. The molecule has 112 valence electrons. The minimum Gasteiger partial charge on any atom is -0.375 e. The van der Waals surface area contributed by atoms with Crippen LogP contribution in [0.4, 0.5) is 5.69 Å². The molecule has 0 radical (unpaired) electrons. The Morgan fingerprint density at radius 3 is 2.95 bits per heavy atom. The van der Waals surface area contributed by atoms with Crippen molar-refractivity contribution < 1.29 is 14.5 Å². The van der Waals surface area contributed by atoms with E-state index in [4.69, 9.17) is 4.74 Å². The van der Waals surface area contributed by atoms with E-state index in [2.05, 4.69) is 0 Å². The molecule has 0 spiro atoms. The van der Waals surface area contributed by atoms with Gasteiger partial charge in [0.15, 0.2) is 0 Å². The molecule has 1 aromatic rings. The van der Waals surface area contributed by atoms with Crippen molar-refractivity contribution >= 4 is 17.7 Å². The van der Waals surface area contributed by atoms with Crippen molar-refractivity contribution in [3.05, 3.63) is 46.0 Å². The second kappa shape index (κ2) is 6.49. The molecule has 2 rings (SSSR count). The molecular formula is C15H18N2O4. The van der Waals surface area contributed by atoms with Gasteiger partial charge in [-0.05, 0) is 25.5 Å². The topological polar surface area (TPSA) is 72.7 Å². The van der Waals surface area contributed by atoms with E-state index < -0.39 is 4.92 Å². The highest BCUT2D eigenvalue weighted by atomic mass is 16.6. The number of nitro benzene ring substituents is 1. The van der Waals surface area contributed by atoms with Crippen molar-refractivity contribution in [3.8, 4) is 0 Å². The first-order chi connectivity index (χ1) is 9.97. The highest BCUT2D eigenvalue weighted by Gasteiger charge is 2.25. The van der Waals surface area contributed by atoms with Crippen LogP contribution in [0.5, 0.6) is 0 Å². The van der Waals surface area contributed by atoms with Gasteiger partial charge in [-0.2, -0.15) is 0 Å². The summed E-state index contributed by atoms with van der Waals surface area (Å²) in [7, 11) is 0. The molecule has 0 N–H and O–H groups in total. The minimum absolute atomic E-state index is 0.0120. The first-order valence-corrected chi connectivity index (χ1v) is 6.82. The number of benzene rings is 1. The number of nitro groups is 1. The van der Waals surface area contributed by atoms with Gasteiger partial charge >= 0.3 is 0 Å². The average Bonchev–Trinajstić information content (AvgIpc) is 2.47. The Labute approximate surface area is 123 Å². The van der Waals surface area contributed by atoms with Gasteiger partial charge in [-0.1, -0.05) is 12.1 Å². The summed E-state index contributed by atoms with van der Waals surface area (Å²) in [4.78, 5) is 24.2. The first-order valence-electron chi connectivity index (χ1n) is 6.82. The van der Waals surface area contributed by atoms with E-state index in [1.807, 2.05) is 13.8 Å². The highest BCUT2D eigenvalue weighted by molar-refractivity contribution is 5.92. The summed E-state index contributed by atoms with van der Waals surface area (Å²) in [6, 6.07) is 6.22. The molecule has 0 aromatic heterocycles. The number of nitrogens with zero attached hydrogens (tertiary/aromatic N) is 2. The first kappa shape index (κ1) is 15.2. The standard InChI is InChI=1S/C15H18N2O4/c1-11-10-21-12(2)9-16(11)15(18)7-6-13-4-3-5-14(8-13)17(19)20/h3-8,11-12H,9-10H2,1-2H3/b7-6-/t11-,12-/m1/s1. The van der Waals surface area contributed by atoms with Gasteiger partial charge < -0.3 is 9.64 Å². The Balaban J connectivity index is 2.08. The van der Waals surface area contributed by atoms with Gasteiger partial charge in [-0.3, -0.25) is 14.9 Å². The fourth-order valence-corrected chi connectivity index (χ4v) is 2.22. The van der Waals surface area contributed by atoms with Gasteiger partial charge in [-0.25, -0.2) is 0 Å². The van der Waals surface area contributed by atoms with E-state index in [1.165, 1.54) is 18.2 Å². The molecule has 0 aliphatic carbocycles. The highest BCUT2D eigenvalue weighted by Crippen LogP contribution is 2.15. The Morgan fingerprint density at radius 2 is 2.24 bits per heavy atom. The normalized spacial score (nSPS) is 22.5. The van der Waals surface area contributed by atoms with E-state index in [0.29, 0.717) is 18.7 Å². The predicted molar refractivity (Wildman–Crippen MR) is 78.7 cm³/mol. The van der Waals surface area contributed by atoms with Crippen molar-refractivity contribution in [2.75, 3.05) is 13.2 Å². The number of hydrogen-bond acceptors (Lipinski definition) is 4. The zero-order valence-electron chi connectivity index (χ0n) is 12.1. The Bertz CT molecular complexity index is 571. The second-order valence-corrected chi connectivity index (χ2v) is 5.17. The van der Waals surface area contributed by atoms with Crippen molar-refractivity contribution in [2.24, 2.45) is 0 Å². The molecule has 1 aliphatic heterocycles. The van der Waals surface area contributed by atoms with Gasteiger partial charge in [-0.15, -0.1) is 0 Å². The van der Waals surface area contributed by atoms with Crippen molar-refractivity contribution in [1.82, 2.24) is 4.90 Å². The van der Waals surface area contributed by atoms with Crippen LogP contribution in [0.2, 0.25) is 0 Å². The van der Waals surface area contributed by atoms with Crippen LogP contribution in [0, 0.1) is 10.1 Å². The van der Waals surface area contributed by atoms with Crippen LogP contribution in [0.1, 0.15) is 19.4 Å². The zero-order chi connectivity index (χ0) is 15.4. The summed E-state index contributed by atoms with van der Waals surface area (Å²) in [5.41, 5.74) is 0.643. The molecule has 0 bridgehead atoms. The number of hydrogen-bond donors (Lipinski definition) is 0. The fourth-order valence-electron chi connectivity index (χ4n) is 2.22. The lowest BCUT2D eigenvalue weighted by molar-refractivity contribution is -0.384. The number of amides is 1. The number of carbonyl (C=O) groups is 1. The third-order valence-corrected chi connectivity index (χ3v) is 3.39. The SMILES string of the molecule is C[C@@H]1CN(C(=O)/C=C\c2cccc([N+](=O)[O-])c2)[C@H](C)CO1. The molecule has 1 amide bonds. The Hall–Kier alpha value is -2.21. The van der Waals surface area contributed by atoms with Gasteiger partial charge in [0.25, 0.3) is 5.69 Å². The number of rotatable bonds is 3. The van der Waals surface area contributed by atoms with Gasteiger partial charge in [0.2, 0.25) is 5.91 Å². The molecule has 1 saturated heterocycles. The number of carbonyl (C=O) groups excluding carboxylic acids is 1. The summed E-state index contributed by atoms with van der Waals surface area (Å²) >= 11 is 0. The van der Waals surface area contributed by atoms with E-state index in [-0.39, 0.29) is 23.7 Å². The van der Waals surface area contributed by atoms with Gasteiger partial charge in [0, 0.05) is 24.8 Å². The van der Waals surface area contributed by atoms with Crippen LogP contribution in [-0.2, 0) is 9.53 Å². The maximum absolute atomic E-state index is 12.2. The molecule has 21 heavy (non-hydrogen) atoms. The summed E-state index contributed by atoms with van der Waals surface area (Å²) < 4.78 is 5.48. The lowest BCUT2D eigenvalue weighted by Gasteiger charge is -2.36. The molecule has 6 heteroatoms. The molecule has 0 unspecified atom stereocenters. The van der Waals surface area contributed by atoms with Crippen LogP contribution in [0.25, 0.3) is 6.08 Å².